The Labute approximate surface area is 104 Å². The van der Waals surface area contributed by atoms with E-state index in [1.54, 1.807) is 5.56 Å². The van der Waals surface area contributed by atoms with Gasteiger partial charge >= 0.3 is 0 Å². The van der Waals surface area contributed by atoms with Crippen molar-refractivity contribution in [1.82, 2.24) is 5.32 Å². The number of hydrogen-bond acceptors (Lipinski definition) is 2. The Bertz CT molecular complexity index is 400. The summed E-state index contributed by atoms with van der Waals surface area (Å²) in [6, 6.07) is 7.86. The van der Waals surface area contributed by atoms with E-state index in [2.05, 4.69) is 35.3 Å². The van der Waals surface area contributed by atoms with Gasteiger partial charge in [0.1, 0.15) is 0 Å². The number of aryl methyl sites for hydroxylation is 2. The first-order chi connectivity index (χ1) is 8.38. The van der Waals surface area contributed by atoms with Crippen molar-refractivity contribution in [3.8, 4) is 0 Å². The summed E-state index contributed by atoms with van der Waals surface area (Å²) in [6.07, 6.45) is 5.04. The minimum atomic E-state index is 0.730. The van der Waals surface area contributed by atoms with Crippen LogP contribution in [0.3, 0.4) is 0 Å². The van der Waals surface area contributed by atoms with Gasteiger partial charge in [0.25, 0.3) is 0 Å². The van der Waals surface area contributed by atoms with Crippen LogP contribution in [0.4, 0.5) is 5.69 Å². The van der Waals surface area contributed by atoms with Crippen LogP contribution in [0.5, 0.6) is 0 Å². The lowest BCUT2D eigenvalue weighted by molar-refractivity contribution is 0.440. The SMILES string of the molecule is CCCc1ccc2c(c1)CCC1CNCCN21. The Morgan fingerprint density at radius 1 is 1.41 bits per heavy atom. The van der Waals surface area contributed by atoms with Crippen LogP contribution in [0, 0.1) is 0 Å². The predicted octanol–water partition coefficient (Wildman–Crippen LogP) is 2.36. The van der Waals surface area contributed by atoms with Crippen molar-refractivity contribution in [2.45, 2.75) is 38.6 Å². The summed E-state index contributed by atoms with van der Waals surface area (Å²) < 4.78 is 0. The summed E-state index contributed by atoms with van der Waals surface area (Å²) in [4.78, 5) is 2.62. The first kappa shape index (κ1) is 11.1. The molecule has 1 aromatic carbocycles. The number of fused-ring (bicyclic) bond motifs is 3. The van der Waals surface area contributed by atoms with Crippen LogP contribution in [0.2, 0.25) is 0 Å². The fourth-order valence-electron chi connectivity index (χ4n) is 3.22. The van der Waals surface area contributed by atoms with Gasteiger partial charge in [0.15, 0.2) is 0 Å². The molecule has 0 radical (unpaired) electrons. The second-order valence-electron chi connectivity index (χ2n) is 5.30. The highest BCUT2D eigenvalue weighted by atomic mass is 15.2. The molecule has 3 rings (SSSR count). The van der Waals surface area contributed by atoms with Gasteiger partial charge in [0.2, 0.25) is 0 Å². The van der Waals surface area contributed by atoms with E-state index in [0.29, 0.717) is 0 Å². The molecule has 1 aromatic rings. The van der Waals surface area contributed by atoms with Crippen LogP contribution >= 0.6 is 0 Å². The number of rotatable bonds is 2. The summed E-state index contributed by atoms with van der Waals surface area (Å²) >= 11 is 0. The molecular formula is C15H22N2. The number of piperazine rings is 1. The molecule has 0 amide bonds. The summed E-state index contributed by atoms with van der Waals surface area (Å²) in [6.45, 7) is 5.72. The maximum absolute atomic E-state index is 3.50. The number of benzene rings is 1. The van der Waals surface area contributed by atoms with Gasteiger partial charge in [0.05, 0.1) is 0 Å². The highest BCUT2D eigenvalue weighted by Crippen LogP contribution is 2.32. The molecule has 0 aliphatic carbocycles. The average molecular weight is 230 g/mol. The minimum Gasteiger partial charge on any atom is -0.366 e. The highest BCUT2D eigenvalue weighted by molar-refractivity contribution is 5.58. The maximum atomic E-state index is 3.50. The zero-order valence-electron chi connectivity index (χ0n) is 10.7. The van der Waals surface area contributed by atoms with Crippen molar-refractivity contribution in [2.24, 2.45) is 0 Å². The lowest BCUT2D eigenvalue weighted by atomic mass is 9.92. The van der Waals surface area contributed by atoms with E-state index in [1.165, 1.54) is 43.5 Å². The lowest BCUT2D eigenvalue weighted by Gasteiger charge is -2.42. The third-order valence-electron chi connectivity index (χ3n) is 4.09. The van der Waals surface area contributed by atoms with Crippen LogP contribution in [0.1, 0.15) is 30.9 Å². The molecule has 1 unspecified atom stereocenters. The molecule has 0 spiro atoms. The zero-order valence-corrected chi connectivity index (χ0v) is 10.7. The minimum absolute atomic E-state index is 0.730. The van der Waals surface area contributed by atoms with Crippen LogP contribution < -0.4 is 10.2 Å². The number of anilines is 1. The van der Waals surface area contributed by atoms with Crippen molar-refractivity contribution in [1.29, 1.82) is 0 Å². The standard InChI is InChI=1S/C15H22N2/c1-2-3-12-4-7-15-13(10-12)5-6-14-11-16-8-9-17(14)15/h4,7,10,14,16H,2-3,5-6,8-9,11H2,1H3. The summed E-state index contributed by atoms with van der Waals surface area (Å²) in [5, 5.41) is 3.50. The van der Waals surface area contributed by atoms with Crippen LogP contribution in [-0.2, 0) is 12.8 Å². The molecule has 0 bridgehead atoms. The van der Waals surface area contributed by atoms with E-state index < -0.39 is 0 Å². The fraction of sp³-hybridized carbons (Fsp3) is 0.600. The first-order valence-electron chi connectivity index (χ1n) is 6.97. The molecular weight excluding hydrogens is 208 g/mol. The van der Waals surface area contributed by atoms with Gasteiger partial charge in [-0.05, 0) is 36.5 Å². The average Bonchev–Trinajstić information content (AvgIpc) is 2.39. The second-order valence-corrected chi connectivity index (χ2v) is 5.30. The van der Waals surface area contributed by atoms with Crippen molar-refractivity contribution >= 4 is 5.69 Å². The van der Waals surface area contributed by atoms with Gasteiger partial charge < -0.3 is 10.2 Å². The molecule has 2 aliphatic heterocycles. The van der Waals surface area contributed by atoms with E-state index in [4.69, 9.17) is 0 Å². The molecule has 2 aliphatic rings. The van der Waals surface area contributed by atoms with E-state index >= 15 is 0 Å². The quantitative estimate of drug-likeness (QED) is 0.839. The predicted molar refractivity (Wildman–Crippen MR) is 72.8 cm³/mol. The first-order valence-corrected chi connectivity index (χ1v) is 6.97. The normalized spacial score (nSPS) is 23.1. The molecule has 2 heterocycles. The van der Waals surface area contributed by atoms with E-state index in [9.17, 15) is 0 Å². The number of nitrogens with one attached hydrogen (secondary N) is 1. The van der Waals surface area contributed by atoms with Crippen LogP contribution in [0.15, 0.2) is 18.2 Å². The van der Waals surface area contributed by atoms with Gasteiger partial charge in [-0.3, -0.25) is 0 Å². The molecule has 1 N–H and O–H groups in total. The molecule has 2 heteroatoms. The third-order valence-corrected chi connectivity index (χ3v) is 4.09. The largest absolute Gasteiger partial charge is 0.366 e. The lowest BCUT2D eigenvalue weighted by Crippen LogP contribution is -2.53. The molecule has 0 saturated carbocycles. The van der Waals surface area contributed by atoms with E-state index in [-0.39, 0.29) is 0 Å². The Morgan fingerprint density at radius 3 is 3.24 bits per heavy atom. The monoisotopic (exact) mass is 230 g/mol. The zero-order chi connectivity index (χ0) is 11.7. The van der Waals surface area contributed by atoms with E-state index in [1.807, 2.05) is 0 Å². The van der Waals surface area contributed by atoms with Gasteiger partial charge in [-0.2, -0.15) is 0 Å². The van der Waals surface area contributed by atoms with Gasteiger partial charge in [0, 0.05) is 31.4 Å². The highest BCUT2D eigenvalue weighted by Gasteiger charge is 2.27. The smallest absolute Gasteiger partial charge is 0.0418 e. The Kier molecular flexibility index (Phi) is 3.06. The van der Waals surface area contributed by atoms with Crippen LogP contribution in [-0.4, -0.2) is 25.7 Å². The second kappa shape index (κ2) is 4.69. The Morgan fingerprint density at radius 2 is 2.35 bits per heavy atom. The van der Waals surface area contributed by atoms with Crippen molar-refractivity contribution in [3.63, 3.8) is 0 Å². The van der Waals surface area contributed by atoms with Crippen LogP contribution in [0.25, 0.3) is 0 Å². The molecule has 1 saturated heterocycles. The van der Waals surface area contributed by atoms with Crippen molar-refractivity contribution in [2.75, 3.05) is 24.5 Å². The van der Waals surface area contributed by atoms with E-state index in [0.717, 1.165) is 19.1 Å². The van der Waals surface area contributed by atoms with Crippen molar-refractivity contribution in [3.05, 3.63) is 29.3 Å². The van der Waals surface area contributed by atoms with Gasteiger partial charge in [-0.25, -0.2) is 0 Å². The molecule has 0 aromatic heterocycles. The summed E-state index contributed by atoms with van der Waals surface area (Å²) in [5.74, 6) is 0. The molecule has 17 heavy (non-hydrogen) atoms. The summed E-state index contributed by atoms with van der Waals surface area (Å²) in [7, 11) is 0. The van der Waals surface area contributed by atoms with Crippen molar-refractivity contribution < 1.29 is 0 Å². The molecule has 1 fully saturated rings. The number of nitrogens with zero attached hydrogens (tertiary/aromatic N) is 1. The third kappa shape index (κ3) is 2.06. The summed E-state index contributed by atoms with van der Waals surface area (Å²) in [5.41, 5.74) is 4.59. The van der Waals surface area contributed by atoms with Gasteiger partial charge in [-0.15, -0.1) is 0 Å². The molecule has 92 valence electrons. The Balaban J connectivity index is 1.89. The molecule has 2 nitrogen and oxygen atoms in total. The maximum Gasteiger partial charge on any atom is 0.0418 e. The number of hydrogen-bond donors (Lipinski definition) is 1. The van der Waals surface area contributed by atoms with Gasteiger partial charge in [-0.1, -0.05) is 25.5 Å². The Hall–Kier alpha value is -1.02. The topological polar surface area (TPSA) is 15.3 Å². The molecule has 1 atom stereocenters. The fourth-order valence-corrected chi connectivity index (χ4v) is 3.22.